The van der Waals surface area contributed by atoms with Gasteiger partial charge in [-0.2, -0.15) is 0 Å². The Hall–Kier alpha value is -1.87. The molecule has 0 fully saturated rings. The van der Waals surface area contributed by atoms with Crippen molar-refractivity contribution >= 4 is 40.1 Å². The summed E-state index contributed by atoms with van der Waals surface area (Å²) in [5.41, 5.74) is 1.66. The van der Waals surface area contributed by atoms with Gasteiger partial charge in [0.1, 0.15) is 5.75 Å². The van der Waals surface area contributed by atoms with Gasteiger partial charge in [-0.3, -0.25) is 4.79 Å². The van der Waals surface area contributed by atoms with E-state index in [-0.39, 0.29) is 5.78 Å². The molecule has 1 aromatic heterocycles. The minimum atomic E-state index is 0.0791. The summed E-state index contributed by atoms with van der Waals surface area (Å²) in [6.07, 6.45) is 0. The van der Waals surface area contributed by atoms with Crippen molar-refractivity contribution in [2.24, 2.45) is 7.05 Å². The predicted molar refractivity (Wildman–Crippen MR) is 107 cm³/mol. The van der Waals surface area contributed by atoms with E-state index < -0.39 is 0 Å². The van der Waals surface area contributed by atoms with Crippen LogP contribution in [0.2, 0.25) is 0 Å². The van der Waals surface area contributed by atoms with Crippen molar-refractivity contribution < 1.29 is 9.53 Å². The van der Waals surface area contributed by atoms with Crippen molar-refractivity contribution in [1.29, 1.82) is 0 Å². The van der Waals surface area contributed by atoms with Crippen LogP contribution in [0.25, 0.3) is 11.4 Å². The molecule has 0 spiro atoms. The molecule has 3 aromatic rings. The Kier molecular flexibility index (Phi) is 5.74. The van der Waals surface area contributed by atoms with Gasteiger partial charge in [-0.25, -0.2) is 0 Å². The second kappa shape index (κ2) is 8.01. The zero-order valence-electron chi connectivity index (χ0n) is 13.8. The first-order valence-electron chi connectivity index (χ1n) is 7.54. The lowest BCUT2D eigenvalue weighted by atomic mass is 10.2. The van der Waals surface area contributed by atoms with Crippen LogP contribution in [0.15, 0.2) is 53.7 Å². The van der Waals surface area contributed by atoms with Crippen LogP contribution in [-0.4, -0.2) is 33.4 Å². The van der Waals surface area contributed by atoms with Gasteiger partial charge in [0.2, 0.25) is 0 Å². The van der Waals surface area contributed by atoms with Gasteiger partial charge in [0.25, 0.3) is 0 Å². The van der Waals surface area contributed by atoms with E-state index in [2.05, 4.69) is 32.8 Å². The molecule has 0 aliphatic heterocycles. The number of rotatable bonds is 6. The van der Waals surface area contributed by atoms with Crippen LogP contribution in [0.1, 0.15) is 10.4 Å². The average molecular weight is 465 g/mol. The molecule has 0 atom stereocenters. The Labute approximate surface area is 163 Å². The molecule has 3 rings (SSSR count). The van der Waals surface area contributed by atoms with E-state index in [1.54, 1.807) is 7.11 Å². The average Bonchev–Trinajstić information content (AvgIpc) is 3.01. The first-order valence-corrected chi connectivity index (χ1v) is 9.60. The van der Waals surface area contributed by atoms with Crippen molar-refractivity contribution in [3.8, 4) is 17.1 Å². The number of halogens is 1. The lowest BCUT2D eigenvalue weighted by Crippen LogP contribution is -2.04. The molecular formula is C18H16IN3O2S. The molecule has 25 heavy (non-hydrogen) atoms. The largest absolute Gasteiger partial charge is 0.497 e. The lowest BCUT2D eigenvalue weighted by Gasteiger charge is -2.05. The molecule has 0 aliphatic carbocycles. The zero-order chi connectivity index (χ0) is 17.8. The highest BCUT2D eigenvalue weighted by Crippen LogP contribution is 2.25. The molecule has 0 saturated heterocycles. The van der Waals surface area contributed by atoms with Gasteiger partial charge in [0, 0.05) is 21.7 Å². The Morgan fingerprint density at radius 2 is 1.80 bits per heavy atom. The molecule has 128 valence electrons. The van der Waals surface area contributed by atoms with Crippen LogP contribution in [0.5, 0.6) is 5.75 Å². The number of Topliss-reactive ketones (excluding diaryl/α,β-unsaturated/α-hetero) is 1. The van der Waals surface area contributed by atoms with Crippen molar-refractivity contribution in [3.05, 3.63) is 57.7 Å². The fourth-order valence-corrected chi connectivity index (χ4v) is 3.45. The van der Waals surface area contributed by atoms with Crippen LogP contribution < -0.4 is 4.74 Å². The maximum atomic E-state index is 12.3. The summed E-state index contributed by atoms with van der Waals surface area (Å²) in [5, 5.41) is 9.16. The van der Waals surface area contributed by atoms with Crippen LogP contribution in [0, 0.1) is 3.57 Å². The summed E-state index contributed by atoms with van der Waals surface area (Å²) in [5.74, 6) is 1.96. The number of hydrogen-bond acceptors (Lipinski definition) is 5. The highest BCUT2D eigenvalue weighted by molar-refractivity contribution is 14.1. The molecule has 0 amide bonds. The minimum absolute atomic E-state index is 0.0791. The molecule has 5 nitrogen and oxygen atoms in total. The quantitative estimate of drug-likeness (QED) is 0.312. The first kappa shape index (κ1) is 17.9. The van der Waals surface area contributed by atoms with Gasteiger partial charge in [-0.05, 0) is 59.0 Å². The van der Waals surface area contributed by atoms with Crippen LogP contribution in [-0.2, 0) is 7.05 Å². The number of methoxy groups -OCH3 is 1. The summed E-state index contributed by atoms with van der Waals surface area (Å²) in [4.78, 5) is 12.3. The smallest absolute Gasteiger partial charge is 0.191 e. The van der Waals surface area contributed by atoms with E-state index in [4.69, 9.17) is 4.74 Å². The Morgan fingerprint density at radius 3 is 2.44 bits per heavy atom. The number of nitrogens with zero attached hydrogens (tertiary/aromatic N) is 3. The van der Waals surface area contributed by atoms with E-state index in [9.17, 15) is 4.79 Å². The van der Waals surface area contributed by atoms with E-state index in [1.165, 1.54) is 11.8 Å². The summed E-state index contributed by atoms with van der Waals surface area (Å²) < 4.78 is 8.18. The number of benzene rings is 2. The highest BCUT2D eigenvalue weighted by Gasteiger charge is 2.14. The molecule has 7 heteroatoms. The van der Waals surface area contributed by atoms with E-state index in [0.717, 1.165) is 20.7 Å². The zero-order valence-corrected chi connectivity index (χ0v) is 16.7. The predicted octanol–water partition coefficient (Wildman–Crippen LogP) is 4.07. The van der Waals surface area contributed by atoms with E-state index in [1.807, 2.05) is 60.1 Å². The fourth-order valence-electron chi connectivity index (χ4n) is 2.28. The van der Waals surface area contributed by atoms with Crippen molar-refractivity contribution in [2.45, 2.75) is 5.16 Å². The number of thioether (sulfide) groups is 1. The van der Waals surface area contributed by atoms with Gasteiger partial charge < -0.3 is 9.30 Å². The standard InChI is InChI=1S/C18H16IN3O2S/c1-22-17(13-5-9-15(24-2)10-6-13)20-21-18(22)25-11-16(23)12-3-7-14(19)8-4-12/h3-10H,11H2,1-2H3. The van der Waals surface area contributed by atoms with Gasteiger partial charge in [0.15, 0.2) is 16.8 Å². The molecule has 0 N–H and O–H groups in total. The molecular weight excluding hydrogens is 449 g/mol. The van der Waals surface area contributed by atoms with Gasteiger partial charge in [-0.1, -0.05) is 23.9 Å². The molecule has 0 radical (unpaired) electrons. The number of carbonyl (C=O) groups is 1. The Bertz CT molecular complexity index is 876. The minimum Gasteiger partial charge on any atom is -0.497 e. The van der Waals surface area contributed by atoms with Crippen LogP contribution in [0.4, 0.5) is 0 Å². The maximum absolute atomic E-state index is 12.3. The second-order valence-electron chi connectivity index (χ2n) is 5.31. The lowest BCUT2D eigenvalue weighted by molar-refractivity contribution is 0.102. The highest BCUT2D eigenvalue weighted by atomic mass is 127. The van der Waals surface area contributed by atoms with Gasteiger partial charge in [-0.15, -0.1) is 10.2 Å². The third-order valence-corrected chi connectivity index (χ3v) is 5.42. The van der Waals surface area contributed by atoms with E-state index >= 15 is 0 Å². The topological polar surface area (TPSA) is 57.0 Å². The molecule has 0 bridgehead atoms. The number of ether oxygens (including phenoxy) is 1. The van der Waals surface area contributed by atoms with Crippen molar-refractivity contribution in [2.75, 3.05) is 12.9 Å². The number of hydrogen-bond donors (Lipinski definition) is 0. The molecule has 0 unspecified atom stereocenters. The molecule has 1 heterocycles. The molecule has 2 aromatic carbocycles. The Balaban J connectivity index is 1.70. The first-order chi connectivity index (χ1) is 12.1. The summed E-state index contributed by atoms with van der Waals surface area (Å²) in [7, 11) is 3.54. The summed E-state index contributed by atoms with van der Waals surface area (Å²) in [6.45, 7) is 0. The fraction of sp³-hybridized carbons (Fsp3) is 0.167. The van der Waals surface area contributed by atoms with Crippen LogP contribution in [0.3, 0.4) is 0 Å². The van der Waals surface area contributed by atoms with Gasteiger partial charge >= 0.3 is 0 Å². The third-order valence-electron chi connectivity index (χ3n) is 3.68. The van der Waals surface area contributed by atoms with Crippen molar-refractivity contribution in [3.63, 3.8) is 0 Å². The number of carbonyl (C=O) groups excluding carboxylic acids is 1. The normalized spacial score (nSPS) is 10.7. The van der Waals surface area contributed by atoms with Crippen molar-refractivity contribution in [1.82, 2.24) is 14.8 Å². The number of ketones is 1. The summed E-state index contributed by atoms with van der Waals surface area (Å²) >= 11 is 3.61. The second-order valence-corrected chi connectivity index (χ2v) is 7.50. The maximum Gasteiger partial charge on any atom is 0.191 e. The molecule has 0 aliphatic rings. The third kappa shape index (κ3) is 4.21. The Morgan fingerprint density at radius 1 is 1.12 bits per heavy atom. The molecule has 0 saturated carbocycles. The SMILES string of the molecule is COc1ccc(-c2nnc(SCC(=O)c3ccc(I)cc3)n2C)cc1. The summed E-state index contributed by atoms with van der Waals surface area (Å²) in [6, 6.07) is 15.2. The number of aromatic nitrogens is 3. The van der Waals surface area contributed by atoms with E-state index in [0.29, 0.717) is 16.5 Å². The van der Waals surface area contributed by atoms with Gasteiger partial charge in [0.05, 0.1) is 12.9 Å². The van der Waals surface area contributed by atoms with Crippen LogP contribution >= 0.6 is 34.4 Å². The monoisotopic (exact) mass is 465 g/mol.